The highest BCUT2D eigenvalue weighted by molar-refractivity contribution is 6.30. The highest BCUT2D eigenvalue weighted by Crippen LogP contribution is 2.08. The van der Waals surface area contributed by atoms with E-state index in [1.807, 2.05) is 24.3 Å². The average Bonchev–Trinajstić information content (AvgIpc) is 2.33. The number of hydrogen-bond acceptors (Lipinski definition) is 2. The van der Waals surface area contributed by atoms with Gasteiger partial charge in [-0.25, -0.2) is 0 Å². The summed E-state index contributed by atoms with van der Waals surface area (Å²) in [6.45, 7) is 4.42. The second kappa shape index (κ2) is 5.91. The molecule has 0 radical (unpaired) electrons. The molecule has 84 valence electrons. The molecule has 0 aliphatic carbocycles. The summed E-state index contributed by atoms with van der Waals surface area (Å²) in [5.41, 5.74) is 1.01. The van der Waals surface area contributed by atoms with Crippen LogP contribution in [0.5, 0.6) is 0 Å². The summed E-state index contributed by atoms with van der Waals surface area (Å²) in [5, 5.41) is 0.749. The lowest BCUT2D eigenvalue weighted by atomic mass is 10.2. The van der Waals surface area contributed by atoms with Crippen LogP contribution in [0.25, 0.3) is 0 Å². The fourth-order valence-electron chi connectivity index (χ4n) is 1.55. The van der Waals surface area contributed by atoms with Gasteiger partial charge in [0.25, 0.3) is 0 Å². The molecule has 16 heavy (non-hydrogen) atoms. The molecule has 1 aliphatic heterocycles. The average molecular weight is 236 g/mol. The van der Waals surface area contributed by atoms with Crippen LogP contribution in [-0.4, -0.2) is 37.7 Å². The first-order valence-corrected chi connectivity index (χ1v) is 5.77. The topological polar surface area (TPSA) is 12.5 Å². The largest absolute Gasteiger partial charge is 0.379 e. The summed E-state index contributed by atoms with van der Waals surface area (Å²) >= 11 is 5.80. The summed E-state index contributed by atoms with van der Waals surface area (Å²) in [6, 6.07) is 7.60. The molecule has 2 rings (SSSR count). The van der Waals surface area contributed by atoms with Gasteiger partial charge in [-0.2, -0.15) is 0 Å². The van der Waals surface area contributed by atoms with Crippen LogP contribution < -0.4 is 0 Å². The Labute approximate surface area is 101 Å². The Balaban J connectivity index is 1.87. The second-order valence-electron chi connectivity index (χ2n) is 3.70. The molecule has 0 N–H and O–H groups in total. The Hall–Kier alpha value is -1.01. The zero-order valence-electron chi connectivity index (χ0n) is 9.08. The Morgan fingerprint density at radius 2 is 1.88 bits per heavy atom. The molecule has 0 amide bonds. The third-order valence-corrected chi connectivity index (χ3v) is 2.74. The molecular weight excluding hydrogens is 222 g/mol. The van der Waals surface area contributed by atoms with Crippen LogP contribution in [0.3, 0.4) is 0 Å². The normalized spacial score (nSPS) is 16.6. The highest BCUT2D eigenvalue weighted by atomic mass is 35.5. The lowest BCUT2D eigenvalue weighted by Crippen LogP contribution is -2.36. The van der Waals surface area contributed by atoms with Crippen molar-refractivity contribution >= 4 is 11.6 Å². The molecule has 0 unspecified atom stereocenters. The molecule has 1 fully saturated rings. The van der Waals surface area contributed by atoms with Crippen molar-refractivity contribution in [1.82, 2.24) is 4.90 Å². The molecule has 1 heterocycles. The predicted octanol–water partition coefficient (Wildman–Crippen LogP) is 2.02. The zero-order valence-corrected chi connectivity index (χ0v) is 9.83. The van der Waals surface area contributed by atoms with E-state index >= 15 is 0 Å². The van der Waals surface area contributed by atoms with Gasteiger partial charge in [0, 0.05) is 23.7 Å². The summed E-state index contributed by atoms with van der Waals surface area (Å²) in [6.07, 6.45) is 0. The summed E-state index contributed by atoms with van der Waals surface area (Å²) in [5.74, 6) is 6.30. The van der Waals surface area contributed by atoms with Crippen molar-refractivity contribution in [2.75, 3.05) is 32.8 Å². The van der Waals surface area contributed by atoms with Crippen LogP contribution >= 0.6 is 11.6 Å². The number of rotatable bonds is 1. The third-order valence-electron chi connectivity index (χ3n) is 2.48. The van der Waals surface area contributed by atoms with E-state index in [4.69, 9.17) is 16.3 Å². The fourth-order valence-corrected chi connectivity index (χ4v) is 1.67. The van der Waals surface area contributed by atoms with Gasteiger partial charge in [0.1, 0.15) is 0 Å². The molecule has 1 saturated heterocycles. The SMILES string of the molecule is Clc1ccc(C#CCN2CCOCC2)cc1. The molecule has 0 saturated carbocycles. The minimum absolute atomic E-state index is 0.749. The van der Waals surface area contributed by atoms with E-state index in [0.717, 1.165) is 43.4 Å². The molecule has 0 bridgehead atoms. The maximum Gasteiger partial charge on any atom is 0.0606 e. The molecule has 1 aromatic rings. The number of ether oxygens (including phenoxy) is 1. The van der Waals surface area contributed by atoms with Crippen molar-refractivity contribution in [3.8, 4) is 11.8 Å². The van der Waals surface area contributed by atoms with Gasteiger partial charge in [0.15, 0.2) is 0 Å². The van der Waals surface area contributed by atoms with Crippen molar-refractivity contribution in [1.29, 1.82) is 0 Å². The first-order chi connectivity index (χ1) is 7.84. The van der Waals surface area contributed by atoms with Crippen molar-refractivity contribution in [2.45, 2.75) is 0 Å². The smallest absolute Gasteiger partial charge is 0.0606 e. The van der Waals surface area contributed by atoms with Crippen LogP contribution in [0.15, 0.2) is 24.3 Å². The maximum absolute atomic E-state index is 5.80. The quantitative estimate of drug-likeness (QED) is 0.691. The van der Waals surface area contributed by atoms with E-state index in [1.165, 1.54) is 0 Å². The lowest BCUT2D eigenvalue weighted by Gasteiger charge is -2.24. The van der Waals surface area contributed by atoms with Gasteiger partial charge < -0.3 is 4.74 Å². The minimum atomic E-state index is 0.749. The van der Waals surface area contributed by atoms with E-state index in [1.54, 1.807) is 0 Å². The van der Waals surface area contributed by atoms with E-state index in [9.17, 15) is 0 Å². The van der Waals surface area contributed by atoms with Crippen LogP contribution in [0.4, 0.5) is 0 Å². The molecule has 3 heteroatoms. The lowest BCUT2D eigenvalue weighted by molar-refractivity contribution is 0.0443. The van der Waals surface area contributed by atoms with Crippen molar-refractivity contribution < 1.29 is 4.74 Å². The Bertz CT molecular complexity index is 385. The maximum atomic E-state index is 5.80. The molecule has 0 atom stereocenters. The molecule has 0 aromatic heterocycles. The van der Waals surface area contributed by atoms with E-state index in [0.29, 0.717) is 0 Å². The Kier molecular flexibility index (Phi) is 4.24. The molecular formula is C13H14ClNO. The summed E-state index contributed by atoms with van der Waals surface area (Å²) < 4.78 is 5.27. The van der Waals surface area contributed by atoms with Gasteiger partial charge in [0.05, 0.1) is 19.8 Å². The molecule has 1 aromatic carbocycles. The standard InChI is InChI=1S/C13H14ClNO/c14-13-5-3-12(4-6-13)2-1-7-15-8-10-16-11-9-15/h3-6H,7-11H2. The number of hydrogen-bond donors (Lipinski definition) is 0. The van der Waals surface area contributed by atoms with Crippen LogP contribution in [0.2, 0.25) is 5.02 Å². The number of nitrogens with zero attached hydrogens (tertiary/aromatic N) is 1. The van der Waals surface area contributed by atoms with Gasteiger partial charge in [-0.05, 0) is 24.3 Å². The number of halogens is 1. The Morgan fingerprint density at radius 3 is 2.56 bits per heavy atom. The van der Waals surface area contributed by atoms with Gasteiger partial charge >= 0.3 is 0 Å². The number of benzene rings is 1. The predicted molar refractivity (Wildman–Crippen MR) is 65.6 cm³/mol. The van der Waals surface area contributed by atoms with Crippen LogP contribution in [0, 0.1) is 11.8 Å². The first kappa shape index (κ1) is 11.5. The van der Waals surface area contributed by atoms with Gasteiger partial charge in [0.2, 0.25) is 0 Å². The monoisotopic (exact) mass is 235 g/mol. The van der Waals surface area contributed by atoms with E-state index in [2.05, 4.69) is 16.7 Å². The molecule has 1 aliphatic rings. The summed E-state index contributed by atoms with van der Waals surface area (Å²) in [7, 11) is 0. The van der Waals surface area contributed by atoms with Gasteiger partial charge in [-0.15, -0.1) is 0 Å². The molecule has 2 nitrogen and oxygen atoms in total. The number of morpholine rings is 1. The second-order valence-corrected chi connectivity index (χ2v) is 4.13. The Morgan fingerprint density at radius 1 is 1.19 bits per heavy atom. The first-order valence-electron chi connectivity index (χ1n) is 5.39. The van der Waals surface area contributed by atoms with E-state index < -0.39 is 0 Å². The van der Waals surface area contributed by atoms with Crippen LogP contribution in [-0.2, 0) is 4.74 Å². The third kappa shape index (κ3) is 3.53. The van der Waals surface area contributed by atoms with E-state index in [-0.39, 0.29) is 0 Å². The highest BCUT2D eigenvalue weighted by Gasteiger charge is 2.07. The van der Waals surface area contributed by atoms with Crippen molar-refractivity contribution in [3.63, 3.8) is 0 Å². The fraction of sp³-hybridized carbons (Fsp3) is 0.385. The van der Waals surface area contributed by atoms with Crippen molar-refractivity contribution in [2.24, 2.45) is 0 Å². The molecule has 0 spiro atoms. The van der Waals surface area contributed by atoms with Gasteiger partial charge in [-0.1, -0.05) is 23.4 Å². The minimum Gasteiger partial charge on any atom is -0.379 e. The van der Waals surface area contributed by atoms with Gasteiger partial charge in [-0.3, -0.25) is 4.90 Å². The summed E-state index contributed by atoms with van der Waals surface area (Å²) in [4.78, 5) is 2.30. The zero-order chi connectivity index (χ0) is 11.2. The van der Waals surface area contributed by atoms with Crippen molar-refractivity contribution in [3.05, 3.63) is 34.9 Å². The van der Waals surface area contributed by atoms with Crippen LogP contribution in [0.1, 0.15) is 5.56 Å².